The third-order valence-electron chi connectivity index (χ3n) is 6.93. The largest absolute Gasteiger partial charge is 0.378 e. The maximum Gasteiger partial charge on any atom is 0.334 e. The van der Waals surface area contributed by atoms with Crippen molar-refractivity contribution in [3.05, 3.63) is 90.8 Å². The molecule has 13 heteroatoms. The molecule has 4 N–H and O–H groups in total. The van der Waals surface area contributed by atoms with Gasteiger partial charge in [0.25, 0.3) is 5.91 Å². The number of rotatable bonds is 5. The molecule has 2 aliphatic heterocycles. The number of hydrazine groups is 1. The first-order valence-electron chi connectivity index (χ1n) is 13.5. The standard InChI is InChI=1S/C29H29N9O4/c39-27(21-18-38(25-12-6-7-13-30-25)35-26(21)36-14-16-42-17-15-36)33-34-29(41)32-23-19-37(20-8-2-1-3-9-20)24-11-5-4-10-22(24)31-28(23)40/h1-13,18,23H,14-17,19H2,(H,31,40)(H,33,39)(H2,32,34,41). The van der Waals surface area contributed by atoms with Crippen LogP contribution in [0.3, 0.4) is 0 Å². The molecule has 6 rings (SSSR count). The van der Waals surface area contributed by atoms with E-state index < -0.39 is 18.0 Å². The highest BCUT2D eigenvalue weighted by Crippen LogP contribution is 2.34. The lowest BCUT2D eigenvalue weighted by molar-refractivity contribution is -0.117. The van der Waals surface area contributed by atoms with Crippen molar-refractivity contribution in [2.45, 2.75) is 6.04 Å². The van der Waals surface area contributed by atoms with E-state index in [4.69, 9.17) is 4.74 Å². The predicted octanol–water partition coefficient (Wildman–Crippen LogP) is 2.21. The third kappa shape index (κ3) is 5.71. The van der Waals surface area contributed by atoms with Crippen molar-refractivity contribution in [1.82, 2.24) is 30.9 Å². The van der Waals surface area contributed by atoms with Crippen molar-refractivity contribution in [2.75, 3.05) is 48.0 Å². The molecule has 1 fully saturated rings. The monoisotopic (exact) mass is 567 g/mol. The van der Waals surface area contributed by atoms with E-state index in [9.17, 15) is 14.4 Å². The van der Waals surface area contributed by atoms with Crippen molar-refractivity contribution in [1.29, 1.82) is 0 Å². The van der Waals surface area contributed by atoms with Gasteiger partial charge in [-0.2, -0.15) is 0 Å². The number of pyridine rings is 1. The fourth-order valence-electron chi connectivity index (χ4n) is 4.88. The molecule has 4 heterocycles. The van der Waals surface area contributed by atoms with E-state index in [1.807, 2.05) is 70.5 Å². The summed E-state index contributed by atoms with van der Waals surface area (Å²) in [5, 5.41) is 10.2. The van der Waals surface area contributed by atoms with Gasteiger partial charge in [-0.25, -0.2) is 19.9 Å². The van der Waals surface area contributed by atoms with Crippen LogP contribution in [-0.2, 0) is 9.53 Å². The van der Waals surface area contributed by atoms with Gasteiger partial charge < -0.3 is 25.2 Å². The van der Waals surface area contributed by atoms with Crippen LogP contribution in [0.2, 0.25) is 0 Å². The average Bonchev–Trinajstić information content (AvgIpc) is 3.44. The Morgan fingerprint density at radius 1 is 0.929 bits per heavy atom. The number of hydrogen-bond donors (Lipinski definition) is 4. The lowest BCUT2D eigenvalue weighted by Gasteiger charge is -2.27. The molecule has 0 spiro atoms. The van der Waals surface area contributed by atoms with Gasteiger partial charge >= 0.3 is 6.03 Å². The molecular weight excluding hydrogens is 538 g/mol. The predicted molar refractivity (Wildman–Crippen MR) is 156 cm³/mol. The summed E-state index contributed by atoms with van der Waals surface area (Å²) in [6.45, 7) is 2.30. The number of ether oxygens (including phenoxy) is 1. The summed E-state index contributed by atoms with van der Waals surface area (Å²) >= 11 is 0. The molecule has 0 radical (unpaired) electrons. The van der Waals surface area contributed by atoms with E-state index in [1.165, 1.54) is 4.68 Å². The normalized spacial score (nSPS) is 16.6. The second-order valence-electron chi connectivity index (χ2n) is 9.66. The first-order valence-corrected chi connectivity index (χ1v) is 13.5. The van der Waals surface area contributed by atoms with Gasteiger partial charge in [0.05, 0.1) is 31.1 Å². The SMILES string of the molecule is O=C(NNC(=O)c1cn(-c2ccccn2)nc1N1CCOCC1)NC1CN(c2ccccc2)c2ccccc2NC1=O. The Morgan fingerprint density at radius 3 is 2.48 bits per heavy atom. The molecule has 0 aliphatic carbocycles. The summed E-state index contributed by atoms with van der Waals surface area (Å²) in [6, 6.07) is 20.7. The number of amides is 4. The number of para-hydroxylation sites is 3. The van der Waals surface area contributed by atoms with Gasteiger partial charge in [0.1, 0.15) is 11.6 Å². The van der Waals surface area contributed by atoms with Gasteiger partial charge in [0, 0.05) is 31.2 Å². The topological polar surface area (TPSA) is 146 Å². The number of anilines is 4. The van der Waals surface area contributed by atoms with Crippen LogP contribution in [0, 0.1) is 0 Å². The Kier molecular flexibility index (Phi) is 7.64. The fourth-order valence-corrected chi connectivity index (χ4v) is 4.88. The quantitative estimate of drug-likeness (QED) is 0.269. The molecule has 2 aliphatic rings. The number of nitrogens with one attached hydrogen (secondary N) is 4. The maximum atomic E-state index is 13.3. The molecule has 0 saturated carbocycles. The molecule has 1 atom stereocenters. The highest BCUT2D eigenvalue weighted by Gasteiger charge is 2.30. The van der Waals surface area contributed by atoms with Crippen LogP contribution in [0.1, 0.15) is 10.4 Å². The number of carbonyl (C=O) groups excluding carboxylic acids is 3. The average molecular weight is 568 g/mol. The van der Waals surface area contributed by atoms with Crippen LogP contribution in [0.5, 0.6) is 0 Å². The van der Waals surface area contributed by atoms with Gasteiger partial charge in [0.15, 0.2) is 11.6 Å². The summed E-state index contributed by atoms with van der Waals surface area (Å²) in [5.41, 5.74) is 7.37. The molecule has 2 aromatic carbocycles. The third-order valence-corrected chi connectivity index (χ3v) is 6.93. The number of urea groups is 1. The van der Waals surface area contributed by atoms with Crippen LogP contribution in [0.4, 0.5) is 27.7 Å². The zero-order valence-corrected chi connectivity index (χ0v) is 22.6. The van der Waals surface area contributed by atoms with Crippen molar-refractivity contribution in [3.8, 4) is 5.82 Å². The van der Waals surface area contributed by atoms with Crippen LogP contribution >= 0.6 is 0 Å². The number of fused-ring (bicyclic) bond motifs is 1. The number of morpholine rings is 1. The number of carbonyl (C=O) groups is 3. The number of nitrogens with zero attached hydrogens (tertiary/aromatic N) is 5. The summed E-state index contributed by atoms with van der Waals surface area (Å²) in [6.07, 6.45) is 3.20. The van der Waals surface area contributed by atoms with Crippen LogP contribution < -0.4 is 31.3 Å². The van der Waals surface area contributed by atoms with Crippen molar-refractivity contribution >= 4 is 40.7 Å². The fraction of sp³-hybridized carbons (Fsp3) is 0.207. The first kappa shape index (κ1) is 26.8. The Hall–Kier alpha value is -5.43. The zero-order valence-electron chi connectivity index (χ0n) is 22.6. The molecule has 4 amide bonds. The van der Waals surface area contributed by atoms with E-state index in [2.05, 4.69) is 31.6 Å². The Bertz CT molecular complexity index is 1570. The van der Waals surface area contributed by atoms with Gasteiger partial charge in [-0.15, -0.1) is 5.10 Å². The lowest BCUT2D eigenvalue weighted by atomic mass is 10.2. The summed E-state index contributed by atoms with van der Waals surface area (Å²) in [7, 11) is 0. The molecule has 0 bridgehead atoms. The second-order valence-corrected chi connectivity index (χ2v) is 9.66. The van der Waals surface area contributed by atoms with Crippen molar-refractivity contribution in [3.63, 3.8) is 0 Å². The molecule has 13 nitrogen and oxygen atoms in total. The first-order chi connectivity index (χ1) is 20.6. The second kappa shape index (κ2) is 12.0. The molecule has 4 aromatic rings. The highest BCUT2D eigenvalue weighted by atomic mass is 16.5. The molecule has 42 heavy (non-hydrogen) atoms. The molecular formula is C29H29N9O4. The highest BCUT2D eigenvalue weighted by molar-refractivity contribution is 6.03. The van der Waals surface area contributed by atoms with Gasteiger partial charge in [-0.1, -0.05) is 36.4 Å². The van der Waals surface area contributed by atoms with Crippen molar-refractivity contribution in [2.24, 2.45) is 0 Å². The molecule has 2 aromatic heterocycles. The minimum Gasteiger partial charge on any atom is -0.378 e. The Labute approximate surface area is 241 Å². The summed E-state index contributed by atoms with van der Waals surface area (Å²) < 4.78 is 6.97. The van der Waals surface area contributed by atoms with Crippen molar-refractivity contribution < 1.29 is 19.1 Å². The van der Waals surface area contributed by atoms with E-state index >= 15 is 0 Å². The minimum atomic E-state index is -0.926. The Morgan fingerprint density at radius 2 is 1.69 bits per heavy atom. The summed E-state index contributed by atoms with van der Waals surface area (Å²) in [4.78, 5) is 47.5. The number of hydrogen-bond acceptors (Lipinski definition) is 8. The smallest absolute Gasteiger partial charge is 0.334 e. The number of aromatic nitrogens is 3. The van der Waals surface area contributed by atoms with E-state index in [0.717, 1.165) is 11.4 Å². The Balaban J connectivity index is 1.16. The number of benzene rings is 2. The van der Waals surface area contributed by atoms with E-state index in [0.29, 0.717) is 43.6 Å². The van der Waals surface area contributed by atoms with E-state index in [-0.39, 0.29) is 18.0 Å². The van der Waals surface area contributed by atoms with Gasteiger partial charge in [0.2, 0.25) is 5.91 Å². The summed E-state index contributed by atoms with van der Waals surface area (Å²) in [5.74, 6) is 0.0363. The van der Waals surface area contributed by atoms with Crippen LogP contribution in [-0.4, -0.2) is 71.5 Å². The van der Waals surface area contributed by atoms with Crippen LogP contribution in [0.25, 0.3) is 5.82 Å². The zero-order chi connectivity index (χ0) is 28.9. The molecule has 1 saturated heterocycles. The van der Waals surface area contributed by atoms with Crippen LogP contribution in [0.15, 0.2) is 85.2 Å². The molecule has 1 unspecified atom stereocenters. The van der Waals surface area contributed by atoms with Gasteiger partial charge in [-0.3, -0.25) is 15.0 Å². The minimum absolute atomic E-state index is 0.173. The lowest BCUT2D eigenvalue weighted by Crippen LogP contribution is -2.55. The van der Waals surface area contributed by atoms with Gasteiger partial charge in [-0.05, 0) is 36.4 Å². The van der Waals surface area contributed by atoms with E-state index in [1.54, 1.807) is 24.5 Å². The molecule has 214 valence electrons. The maximum absolute atomic E-state index is 13.3.